The van der Waals surface area contributed by atoms with Gasteiger partial charge in [-0.3, -0.25) is 0 Å². The van der Waals surface area contributed by atoms with E-state index in [2.05, 4.69) is 32.8 Å². The van der Waals surface area contributed by atoms with Crippen LogP contribution in [0, 0.1) is 20.8 Å². The molecule has 2 rings (SSSR count). The van der Waals surface area contributed by atoms with E-state index in [1.165, 1.54) is 11.3 Å². The van der Waals surface area contributed by atoms with Crippen molar-refractivity contribution in [3.05, 3.63) is 34.6 Å². The fraction of sp³-hybridized carbons (Fsp3) is 0.400. The molecular weight excluding hydrogens is 236 g/mol. The summed E-state index contributed by atoms with van der Waals surface area (Å²) in [5, 5.41) is 4.65. The standard InChI is InChI=1S/C15H22N4/c1-8(2)15-10(4)18-19(11(15)5)14-7-13(17)12(16)6-9(14)3/h6-8H,16-17H2,1-5H3. The molecule has 0 saturated carbocycles. The van der Waals surface area contributed by atoms with Crippen molar-refractivity contribution in [3.8, 4) is 5.69 Å². The molecule has 0 fully saturated rings. The van der Waals surface area contributed by atoms with E-state index < -0.39 is 0 Å². The Morgan fingerprint density at radius 2 is 1.63 bits per heavy atom. The minimum Gasteiger partial charge on any atom is -0.397 e. The zero-order valence-corrected chi connectivity index (χ0v) is 12.3. The Bertz CT molecular complexity index is 624. The van der Waals surface area contributed by atoms with E-state index in [1.807, 2.05) is 23.7 Å². The van der Waals surface area contributed by atoms with Gasteiger partial charge in [-0.1, -0.05) is 13.8 Å². The average Bonchev–Trinajstić information content (AvgIpc) is 2.59. The van der Waals surface area contributed by atoms with Gasteiger partial charge in [-0.05, 0) is 49.9 Å². The van der Waals surface area contributed by atoms with E-state index in [0.29, 0.717) is 17.3 Å². The van der Waals surface area contributed by atoms with E-state index in [0.717, 1.165) is 16.9 Å². The van der Waals surface area contributed by atoms with Crippen LogP contribution in [-0.2, 0) is 0 Å². The van der Waals surface area contributed by atoms with Crippen molar-refractivity contribution in [1.82, 2.24) is 9.78 Å². The minimum atomic E-state index is 0.459. The SMILES string of the molecule is Cc1cc(N)c(N)cc1-n1nc(C)c(C(C)C)c1C. The molecule has 1 heterocycles. The Labute approximate surface area is 114 Å². The molecule has 4 heteroatoms. The van der Waals surface area contributed by atoms with Crippen LogP contribution in [0.15, 0.2) is 12.1 Å². The van der Waals surface area contributed by atoms with E-state index >= 15 is 0 Å². The highest BCUT2D eigenvalue weighted by Crippen LogP contribution is 2.28. The number of anilines is 2. The van der Waals surface area contributed by atoms with Gasteiger partial charge in [0.2, 0.25) is 0 Å². The number of hydrogen-bond donors (Lipinski definition) is 2. The van der Waals surface area contributed by atoms with Crippen LogP contribution < -0.4 is 11.5 Å². The van der Waals surface area contributed by atoms with Gasteiger partial charge in [0.15, 0.2) is 0 Å². The molecule has 0 amide bonds. The fourth-order valence-electron chi connectivity index (χ4n) is 2.69. The summed E-state index contributed by atoms with van der Waals surface area (Å²) in [7, 11) is 0. The Morgan fingerprint density at radius 3 is 2.16 bits per heavy atom. The summed E-state index contributed by atoms with van der Waals surface area (Å²) in [6.07, 6.45) is 0. The number of nitrogens with zero attached hydrogens (tertiary/aromatic N) is 2. The van der Waals surface area contributed by atoms with Crippen molar-refractivity contribution in [2.45, 2.75) is 40.5 Å². The smallest absolute Gasteiger partial charge is 0.0700 e. The first-order valence-corrected chi connectivity index (χ1v) is 6.55. The monoisotopic (exact) mass is 258 g/mol. The van der Waals surface area contributed by atoms with Crippen molar-refractivity contribution in [2.75, 3.05) is 11.5 Å². The lowest BCUT2D eigenvalue weighted by molar-refractivity contribution is 0.818. The molecular formula is C15H22N4. The summed E-state index contributed by atoms with van der Waals surface area (Å²) >= 11 is 0. The molecule has 4 N–H and O–H groups in total. The van der Waals surface area contributed by atoms with E-state index in [1.54, 1.807) is 0 Å². The second-order valence-electron chi connectivity index (χ2n) is 5.42. The Hall–Kier alpha value is -1.97. The fourth-order valence-corrected chi connectivity index (χ4v) is 2.69. The molecule has 1 aromatic carbocycles. The molecule has 0 radical (unpaired) electrons. The third-order valence-electron chi connectivity index (χ3n) is 3.55. The number of aromatic nitrogens is 2. The maximum Gasteiger partial charge on any atom is 0.0700 e. The number of benzene rings is 1. The Morgan fingerprint density at radius 1 is 1.05 bits per heavy atom. The first-order valence-electron chi connectivity index (χ1n) is 6.55. The van der Waals surface area contributed by atoms with Gasteiger partial charge in [-0.15, -0.1) is 0 Å². The summed E-state index contributed by atoms with van der Waals surface area (Å²) < 4.78 is 1.97. The van der Waals surface area contributed by atoms with Crippen LogP contribution in [0.5, 0.6) is 0 Å². The van der Waals surface area contributed by atoms with Gasteiger partial charge < -0.3 is 11.5 Å². The first kappa shape index (κ1) is 13.5. The molecule has 4 nitrogen and oxygen atoms in total. The lowest BCUT2D eigenvalue weighted by atomic mass is 10.0. The summed E-state index contributed by atoms with van der Waals surface area (Å²) in [4.78, 5) is 0. The topological polar surface area (TPSA) is 69.9 Å². The number of hydrogen-bond acceptors (Lipinski definition) is 3. The van der Waals surface area contributed by atoms with Crippen LogP contribution in [-0.4, -0.2) is 9.78 Å². The molecule has 1 aromatic heterocycles. The van der Waals surface area contributed by atoms with E-state index in [9.17, 15) is 0 Å². The van der Waals surface area contributed by atoms with Gasteiger partial charge in [0.05, 0.1) is 22.8 Å². The van der Waals surface area contributed by atoms with Crippen LogP contribution in [0.2, 0.25) is 0 Å². The predicted molar refractivity (Wildman–Crippen MR) is 80.7 cm³/mol. The van der Waals surface area contributed by atoms with Crippen molar-refractivity contribution in [1.29, 1.82) is 0 Å². The second-order valence-corrected chi connectivity index (χ2v) is 5.42. The number of rotatable bonds is 2. The van der Waals surface area contributed by atoms with Gasteiger partial charge >= 0.3 is 0 Å². The molecule has 0 aliphatic heterocycles. The highest BCUT2D eigenvalue weighted by molar-refractivity contribution is 5.69. The molecule has 0 spiro atoms. The molecule has 0 unspecified atom stereocenters. The number of nitrogen functional groups attached to an aromatic ring is 2. The van der Waals surface area contributed by atoms with Gasteiger partial charge in [0.25, 0.3) is 0 Å². The average molecular weight is 258 g/mol. The molecule has 0 aliphatic rings. The van der Waals surface area contributed by atoms with Crippen LogP contribution in [0.25, 0.3) is 5.69 Å². The quantitative estimate of drug-likeness (QED) is 0.813. The molecule has 0 atom stereocenters. The lowest BCUT2D eigenvalue weighted by Crippen LogP contribution is -2.05. The molecule has 0 saturated heterocycles. The Balaban J connectivity index is 2.67. The summed E-state index contributed by atoms with van der Waals surface area (Å²) in [6.45, 7) is 10.5. The van der Waals surface area contributed by atoms with Crippen LogP contribution >= 0.6 is 0 Å². The Kier molecular flexibility index (Phi) is 3.27. The summed E-state index contributed by atoms with van der Waals surface area (Å²) in [5.41, 5.74) is 18.6. The second kappa shape index (κ2) is 4.61. The molecule has 0 bridgehead atoms. The highest BCUT2D eigenvalue weighted by Gasteiger charge is 2.17. The molecule has 2 aromatic rings. The molecule has 19 heavy (non-hydrogen) atoms. The van der Waals surface area contributed by atoms with Gasteiger partial charge in [0, 0.05) is 5.69 Å². The lowest BCUT2D eigenvalue weighted by Gasteiger charge is -2.12. The van der Waals surface area contributed by atoms with E-state index in [-0.39, 0.29) is 0 Å². The van der Waals surface area contributed by atoms with Crippen LogP contribution in [0.4, 0.5) is 11.4 Å². The zero-order chi connectivity index (χ0) is 14.3. The zero-order valence-electron chi connectivity index (χ0n) is 12.3. The van der Waals surface area contributed by atoms with Crippen LogP contribution in [0.3, 0.4) is 0 Å². The maximum atomic E-state index is 5.92. The minimum absolute atomic E-state index is 0.459. The predicted octanol–water partition coefficient (Wildman–Crippen LogP) is 3.09. The van der Waals surface area contributed by atoms with E-state index in [4.69, 9.17) is 11.5 Å². The number of aryl methyl sites for hydroxylation is 2. The van der Waals surface area contributed by atoms with Crippen LogP contribution in [0.1, 0.15) is 42.3 Å². The van der Waals surface area contributed by atoms with Crippen molar-refractivity contribution in [2.24, 2.45) is 0 Å². The molecule has 102 valence electrons. The molecule has 0 aliphatic carbocycles. The van der Waals surface area contributed by atoms with Crippen molar-refractivity contribution >= 4 is 11.4 Å². The highest BCUT2D eigenvalue weighted by atomic mass is 15.3. The summed E-state index contributed by atoms with van der Waals surface area (Å²) in [5.74, 6) is 0.459. The van der Waals surface area contributed by atoms with Crippen molar-refractivity contribution in [3.63, 3.8) is 0 Å². The third-order valence-corrected chi connectivity index (χ3v) is 3.55. The van der Waals surface area contributed by atoms with Crippen molar-refractivity contribution < 1.29 is 0 Å². The first-order chi connectivity index (χ1) is 8.82. The number of nitrogens with two attached hydrogens (primary N) is 2. The summed E-state index contributed by atoms with van der Waals surface area (Å²) in [6, 6.07) is 3.80. The third kappa shape index (κ3) is 2.18. The largest absolute Gasteiger partial charge is 0.397 e. The van der Waals surface area contributed by atoms with Gasteiger partial charge in [-0.25, -0.2) is 4.68 Å². The normalized spacial score (nSPS) is 11.3. The maximum absolute atomic E-state index is 5.92. The van der Waals surface area contributed by atoms with Gasteiger partial charge in [-0.2, -0.15) is 5.10 Å². The van der Waals surface area contributed by atoms with Gasteiger partial charge in [0.1, 0.15) is 0 Å².